The summed E-state index contributed by atoms with van der Waals surface area (Å²) in [5.41, 5.74) is 1.19. The Kier molecular flexibility index (Phi) is 2.90. The molecule has 0 aromatic rings. The molecular formula is C10H16O2. The van der Waals surface area contributed by atoms with E-state index in [1.807, 2.05) is 6.92 Å². The van der Waals surface area contributed by atoms with E-state index in [9.17, 15) is 4.79 Å². The maximum Gasteiger partial charge on any atom is 0.306 e. The van der Waals surface area contributed by atoms with Gasteiger partial charge in [0.25, 0.3) is 0 Å². The van der Waals surface area contributed by atoms with E-state index >= 15 is 0 Å². The van der Waals surface area contributed by atoms with Crippen LogP contribution in [0.4, 0.5) is 0 Å². The van der Waals surface area contributed by atoms with Crippen molar-refractivity contribution in [2.24, 2.45) is 5.92 Å². The van der Waals surface area contributed by atoms with Crippen molar-refractivity contribution in [2.75, 3.05) is 0 Å². The number of ether oxygens (including phenoxy) is 1. The van der Waals surface area contributed by atoms with Gasteiger partial charge in [-0.15, -0.1) is 0 Å². The number of rotatable bonds is 2. The van der Waals surface area contributed by atoms with E-state index in [0.717, 1.165) is 6.42 Å². The number of carbonyl (C=O) groups excluding carboxylic acids is 1. The number of cyclic esters (lactones) is 1. The number of hydrogen-bond donors (Lipinski definition) is 0. The lowest BCUT2D eigenvalue weighted by Gasteiger charge is -2.10. The minimum atomic E-state index is -0.0588. The molecule has 1 heterocycles. The summed E-state index contributed by atoms with van der Waals surface area (Å²) in [6.45, 7) is 6.28. The van der Waals surface area contributed by atoms with Crippen LogP contribution >= 0.6 is 0 Å². The Morgan fingerprint density at radius 1 is 1.67 bits per heavy atom. The molecule has 0 bridgehead atoms. The zero-order chi connectivity index (χ0) is 9.14. The Bertz CT molecular complexity index is 204. The van der Waals surface area contributed by atoms with Crippen molar-refractivity contribution in [1.29, 1.82) is 0 Å². The Morgan fingerprint density at radius 2 is 2.33 bits per heavy atom. The monoisotopic (exact) mass is 168 g/mol. The highest BCUT2D eigenvalue weighted by atomic mass is 16.5. The average molecular weight is 168 g/mol. The molecule has 0 aromatic heterocycles. The van der Waals surface area contributed by atoms with Gasteiger partial charge in [-0.3, -0.25) is 4.79 Å². The molecule has 0 aliphatic carbocycles. The maximum atomic E-state index is 10.8. The van der Waals surface area contributed by atoms with Crippen LogP contribution in [0.15, 0.2) is 11.6 Å². The molecule has 1 fully saturated rings. The van der Waals surface area contributed by atoms with Gasteiger partial charge in [0.05, 0.1) is 0 Å². The van der Waals surface area contributed by atoms with Crippen molar-refractivity contribution in [3.63, 3.8) is 0 Å². The van der Waals surface area contributed by atoms with E-state index in [1.165, 1.54) is 5.57 Å². The van der Waals surface area contributed by atoms with E-state index in [1.54, 1.807) is 0 Å². The van der Waals surface area contributed by atoms with Crippen LogP contribution in [-0.2, 0) is 9.53 Å². The summed E-state index contributed by atoms with van der Waals surface area (Å²) in [5, 5.41) is 0. The third-order valence-corrected chi connectivity index (χ3v) is 1.99. The fraction of sp³-hybridized carbons (Fsp3) is 0.700. The first-order valence-corrected chi connectivity index (χ1v) is 4.47. The summed E-state index contributed by atoms with van der Waals surface area (Å²) in [6.07, 6.45) is 3.64. The highest BCUT2D eigenvalue weighted by Crippen LogP contribution is 2.21. The normalized spacial score (nSPS) is 24.8. The minimum absolute atomic E-state index is 0.0555. The summed E-state index contributed by atoms with van der Waals surface area (Å²) in [5.74, 6) is 0.473. The summed E-state index contributed by atoms with van der Waals surface area (Å²) in [6, 6.07) is 0. The standard InChI is InChI=1S/C10H16O2/c1-7(2)6-8(3)9-4-5-10(11)12-9/h6-7,9H,4-5H2,1-3H3/b8-6-. The highest BCUT2D eigenvalue weighted by Gasteiger charge is 2.24. The van der Waals surface area contributed by atoms with Crippen molar-refractivity contribution in [2.45, 2.75) is 39.7 Å². The summed E-state index contributed by atoms with van der Waals surface area (Å²) in [4.78, 5) is 10.8. The van der Waals surface area contributed by atoms with Gasteiger partial charge in [-0.05, 0) is 24.8 Å². The summed E-state index contributed by atoms with van der Waals surface area (Å²) < 4.78 is 5.12. The Balaban J connectivity index is 2.53. The predicted molar refractivity (Wildman–Crippen MR) is 47.7 cm³/mol. The Morgan fingerprint density at radius 3 is 2.75 bits per heavy atom. The first-order valence-electron chi connectivity index (χ1n) is 4.47. The van der Waals surface area contributed by atoms with Crippen LogP contribution in [-0.4, -0.2) is 12.1 Å². The molecule has 1 atom stereocenters. The van der Waals surface area contributed by atoms with Crippen LogP contribution in [0.25, 0.3) is 0 Å². The molecular weight excluding hydrogens is 152 g/mol. The lowest BCUT2D eigenvalue weighted by atomic mass is 10.0. The van der Waals surface area contributed by atoms with Crippen LogP contribution in [0.1, 0.15) is 33.6 Å². The van der Waals surface area contributed by atoms with E-state index in [2.05, 4.69) is 19.9 Å². The van der Waals surface area contributed by atoms with E-state index in [0.29, 0.717) is 12.3 Å². The van der Waals surface area contributed by atoms with Crippen LogP contribution in [0.2, 0.25) is 0 Å². The zero-order valence-corrected chi connectivity index (χ0v) is 7.96. The second-order valence-corrected chi connectivity index (χ2v) is 3.67. The van der Waals surface area contributed by atoms with Crippen LogP contribution in [0, 0.1) is 5.92 Å². The van der Waals surface area contributed by atoms with Crippen molar-refractivity contribution >= 4 is 5.97 Å². The van der Waals surface area contributed by atoms with Crippen molar-refractivity contribution in [3.05, 3.63) is 11.6 Å². The van der Waals surface area contributed by atoms with E-state index < -0.39 is 0 Å². The molecule has 1 aliphatic rings. The largest absolute Gasteiger partial charge is 0.458 e. The van der Waals surface area contributed by atoms with Crippen LogP contribution in [0.5, 0.6) is 0 Å². The molecule has 1 saturated heterocycles. The van der Waals surface area contributed by atoms with Gasteiger partial charge in [0.15, 0.2) is 0 Å². The third-order valence-electron chi connectivity index (χ3n) is 1.99. The highest BCUT2D eigenvalue weighted by molar-refractivity contribution is 5.72. The van der Waals surface area contributed by atoms with Gasteiger partial charge in [-0.25, -0.2) is 0 Å². The van der Waals surface area contributed by atoms with Gasteiger partial charge in [-0.1, -0.05) is 19.9 Å². The van der Waals surface area contributed by atoms with Gasteiger partial charge < -0.3 is 4.74 Å². The number of allylic oxidation sites excluding steroid dienone is 1. The number of carbonyl (C=O) groups is 1. The molecule has 0 radical (unpaired) electrons. The molecule has 0 N–H and O–H groups in total. The van der Waals surface area contributed by atoms with Gasteiger partial charge in [-0.2, -0.15) is 0 Å². The Labute approximate surface area is 73.6 Å². The molecule has 2 heteroatoms. The predicted octanol–water partition coefficient (Wildman–Crippen LogP) is 2.29. The lowest BCUT2D eigenvalue weighted by Crippen LogP contribution is -2.08. The van der Waals surface area contributed by atoms with Crippen LogP contribution in [0.3, 0.4) is 0 Å². The summed E-state index contributed by atoms with van der Waals surface area (Å²) >= 11 is 0. The van der Waals surface area contributed by atoms with Gasteiger partial charge in [0, 0.05) is 6.42 Å². The molecule has 0 spiro atoms. The maximum absolute atomic E-state index is 10.8. The first kappa shape index (κ1) is 9.30. The van der Waals surface area contributed by atoms with Crippen molar-refractivity contribution in [1.82, 2.24) is 0 Å². The Hall–Kier alpha value is -0.790. The molecule has 1 unspecified atom stereocenters. The zero-order valence-electron chi connectivity index (χ0n) is 7.96. The minimum Gasteiger partial charge on any atom is -0.458 e. The molecule has 1 rings (SSSR count). The lowest BCUT2D eigenvalue weighted by molar-refractivity contribution is -0.140. The molecule has 0 amide bonds. The molecule has 12 heavy (non-hydrogen) atoms. The van der Waals surface area contributed by atoms with Gasteiger partial charge in [0.2, 0.25) is 0 Å². The number of hydrogen-bond acceptors (Lipinski definition) is 2. The second kappa shape index (κ2) is 3.74. The smallest absolute Gasteiger partial charge is 0.306 e. The molecule has 68 valence electrons. The fourth-order valence-electron chi connectivity index (χ4n) is 1.48. The first-order chi connectivity index (χ1) is 5.59. The SMILES string of the molecule is C/C(=C/C(C)C)C1CCC(=O)O1. The fourth-order valence-corrected chi connectivity index (χ4v) is 1.48. The molecule has 0 aromatic carbocycles. The molecule has 2 nitrogen and oxygen atoms in total. The van der Waals surface area contributed by atoms with Crippen LogP contribution < -0.4 is 0 Å². The van der Waals surface area contributed by atoms with Gasteiger partial charge >= 0.3 is 5.97 Å². The van der Waals surface area contributed by atoms with E-state index in [4.69, 9.17) is 4.74 Å². The van der Waals surface area contributed by atoms with Crippen molar-refractivity contribution < 1.29 is 9.53 Å². The van der Waals surface area contributed by atoms with E-state index in [-0.39, 0.29) is 12.1 Å². The third kappa shape index (κ3) is 2.36. The number of esters is 1. The van der Waals surface area contributed by atoms with Crippen molar-refractivity contribution in [3.8, 4) is 0 Å². The summed E-state index contributed by atoms with van der Waals surface area (Å²) in [7, 11) is 0. The molecule has 0 saturated carbocycles. The second-order valence-electron chi connectivity index (χ2n) is 3.67. The average Bonchev–Trinajstić information content (AvgIpc) is 2.34. The van der Waals surface area contributed by atoms with Gasteiger partial charge in [0.1, 0.15) is 6.10 Å². The quantitative estimate of drug-likeness (QED) is 0.467. The molecule has 1 aliphatic heterocycles. The topological polar surface area (TPSA) is 26.3 Å².